The summed E-state index contributed by atoms with van der Waals surface area (Å²) in [4.78, 5) is 1.15. The number of nitrogens with zero attached hydrogens (tertiary/aromatic N) is 1. The van der Waals surface area contributed by atoms with Gasteiger partial charge in [0, 0.05) is 32.6 Å². The maximum Gasteiger partial charge on any atom is 0.128 e. The van der Waals surface area contributed by atoms with Gasteiger partial charge in [0.2, 0.25) is 0 Å². The Balaban J connectivity index is 2.00. The van der Waals surface area contributed by atoms with Crippen molar-refractivity contribution in [3.63, 3.8) is 0 Å². The molecule has 1 aliphatic rings. The average Bonchev–Trinajstić information content (AvgIpc) is 3.36. The van der Waals surface area contributed by atoms with Crippen LogP contribution < -0.4 is 0 Å². The molecule has 0 spiro atoms. The molecule has 4 aromatic rings. The van der Waals surface area contributed by atoms with Crippen LogP contribution in [0.15, 0.2) is 60.0 Å². The maximum absolute atomic E-state index is 11.2. The maximum atomic E-state index is 11.2. The lowest BCUT2D eigenvalue weighted by Crippen LogP contribution is -2.42. The van der Waals surface area contributed by atoms with Crippen LogP contribution in [0.1, 0.15) is 42.5 Å². The second-order valence-electron chi connectivity index (χ2n) is 8.70. The van der Waals surface area contributed by atoms with E-state index in [9.17, 15) is 5.11 Å². The summed E-state index contributed by atoms with van der Waals surface area (Å²) in [5.41, 5.74) is 4.47. The van der Waals surface area contributed by atoms with Crippen LogP contribution in [0.2, 0.25) is 0 Å². The van der Waals surface area contributed by atoms with E-state index in [0.29, 0.717) is 12.4 Å². The minimum Gasteiger partial charge on any atom is -0.507 e. The van der Waals surface area contributed by atoms with E-state index in [2.05, 4.69) is 73.2 Å². The molecule has 2 aromatic heterocycles. The third-order valence-corrected chi connectivity index (χ3v) is 7.23. The van der Waals surface area contributed by atoms with Crippen molar-refractivity contribution in [2.24, 2.45) is 0 Å². The number of para-hydroxylation sites is 1. The van der Waals surface area contributed by atoms with E-state index in [0.717, 1.165) is 32.6 Å². The molecule has 0 radical (unpaired) electrons. The zero-order valence-corrected chi connectivity index (χ0v) is 18.0. The lowest BCUT2D eigenvalue weighted by molar-refractivity contribution is -0.0414. The van der Waals surface area contributed by atoms with E-state index in [-0.39, 0.29) is 5.41 Å². The topological polar surface area (TPSA) is 34.4 Å². The van der Waals surface area contributed by atoms with E-state index in [1.54, 1.807) is 11.3 Å². The summed E-state index contributed by atoms with van der Waals surface area (Å²) in [6, 6.07) is 18.7. The number of thiophene rings is 1. The molecule has 5 rings (SSSR count). The molecule has 0 aliphatic carbocycles. The average molecular weight is 404 g/mol. The predicted molar refractivity (Wildman–Crippen MR) is 119 cm³/mol. The minimum atomic E-state index is -0.609. The first kappa shape index (κ1) is 18.5. The smallest absolute Gasteiger partial charge is 0.128 e. The third kappa shape index (κ3) is 2.52. The molecule has 0 bridgehead atoms. The van der Waals surface area contributed by atoms with Gasteiger partial charge in [0.05, 0.1) is 12.1 Å². The Morgan fingerprint density at radius 1 is 1.00 bits per heavy atom. The van der Waals surface area contributed by atoms with Crippen LogP contribution in [-0.2, 0) is 15.8 Å². The van der Waals surface area contributed by atoms with Gasteiger partial charge in [0.25, 0.3) is 0 Å². The zero-order chi connectivity index (χ0) is 20.4. The number of phenols is 1. The third-order valence-electron chi connectivity index (χ3n) is 6.15. The molecule has 1 unspecified atom stereocenters. The van der Waals surface area contributed by atoms with Gasteiger partial charge in [-0.3, -0.25) is 0 Å². The quantitative estimate of drug-likeness (QED) is 0.427. The molecule has 1 aliphatic heterocycles. The monoisotopic (exact) mass is 403 g/mol. The van der Waals surface area contributed by atoms with Crippen LogP contribution in [0.3, 0.4) is 0 Å². The summed E-state index contributed by atoms with van der Waals surface area (Å²) in [6.07, 6.45) is 0. The summed E-state index contributed by atoms with van der Waals surface area (Å²) >= 11 is 1.70. The van der Waals surface area contributed by atoms with Gasteiger partial charge >= 0.3 is 0 Å². The first-order valence-corrected chi connectivity index (χ1v) is 10.8. The molecule has 3 nitrogen and oxygen atoms in total. The second-order valence-corrected chi connectivity index (χ2v) is 9.65. The standard InChI is InChI=1S/C25H25NO2S/c1-16-12-13-18-20(22(16)27)21-23(26(18)17-9-6-5-7-10-17)24(2,3)15-28-25(21,4)19-11-8-14-29-19/h5-14,27H,15H2,1-4H3. The first-order valence-electron chi connectivity index (χ1n) is 9.96. The minimum absolute atomic E-state index is 0.207. The van der Waals surface area contributed by atoms with Gasteiger partial charge in [-0.2, -0.15) is 0 Å². The van der Waals surface area contributed by atoms with E-state index in [1.165, 1.54) is 5.69 Å². The largest absolute Gasteiger partial charge is 0.507 e. The van der Waals surface area contributed by atoms with Gasteiger partial charge in [0.15, 0.2) is 0 Å². The van der Waals surface area contributed by atoms with Gasteiger partial charge in [-0.25, -0.2) is 0 Å². The molecule has 29 heavy (non-hydrogen) atoms. The van der Waals surface area contributed by atoms with Crippen molar-refractivity contribution in [2.75, 3.05) is 6.61 Å². The first-order chi connectivity index (χ1) is 13.8. The number of phenolic OH excluding ortho intramolecular Hbond substituents is 1. The van der Waals surface area contributed by atoms with Crippen molar-refractivity contribution in [1.82, 2.24) is 4.57 Å². The number of fused-ring (bicyclic) bond motifs is 3. The number of aromatic nitrogens is 1. The Bertz CT molecular complexity index is 1210. The second kappa shape index (κ2) is 6.22. The van der Waals surface area contributed by atoms with Crippen molar-refractivity contribution in [1.29, 1.82) is 0 Å². The summed E-state index contributed by atoms with van der Waals surface area (Å²) in [6.45, 7) is 9.16. The Labute approximate surface area is 175 Å². The van der Waals surface area contributed by atoms with Gasteiger partial charge < -0.3 is 14.4 Å². The van der Waals surface area contributed by atoms with Crippen LogP contribution in [0.5, 0.6) is 5.75 Å². The predicted octanol–water partition coefficient (Wildman–Crippen LogP) is 6.28. The van der Waals surface area contributed by atoms with Crippen molar-refractivity contribution in [3.8, 4) is 11.4 Å². The Morgan fingerprint density at radius 3 is 2.45 bits per heavy atom. The Morgan fingerprint density at radius 2 is 1.76 bits per heavy atom. The Kier molecular flexibility index (Phi) is 3.96. The highest BCUT2D eigenvalue weighted by Crippen LogP contribution is 2.53. The molecule has 4 heteroatoms. The summed E-state index contributed by atoms with van der Waals surface area (Å²) < 4.78 is 8.91. The van der Waals surface area contributed by atoms with E-state index in [1.807, 2.05) is 19.1 Å². The van der Waals surface area contributed by atoms with E-state index in [4.69, 9.17) is 4.74 Å². The normalized spacial score (nSPS) is 20.7. The number of ether oxygens (including phenoxy) is 1. The lowest BCUT2D eigenvalue weighted by atomic mass is 9.77. The van der Waals surface area contributed by atoms with Gasteiger partial charge in [-0.1, -0.05) is 44.2 Å². The number of hydrogen-bond donors (Lipinski definition) is 1. The van der Waals surface area contributed by atoms with E-state index < -0.39 is 5.60 Å². The van der Waals surface area contributed by atoms with Crippen molar-refractivity contribution < 1.29 is 9.84 Å². The number of hydrogen-bond acceptors (Lipinski definition) is 3. The van der Waals surface area contributed by atoms with Crippen LogP contribution in [0, 0.1) is 6.92 Å². The fraction of sp³-hybridized carbons (Fsp3) is 0.280. The molecular weight excluding hydrogens is 378 g/mol. The van der Waals surface area contributed by atoms with Gasteiger partial charge in [-0.05, 0) is 49.1 Å². The van der Waals surface area contributed by atoms with Gasteiger partial charge in [-0.15, -0.1) is 11.3 Å². The highest BCUT2D eigenvalue weighted by molar-refractivity contribution is 7.10. The van der Waals surface area contributed by atoms with Gasteiger partial charge in [0.1, 0.15) is 11.4 Å². The highest BCUT2D eigenvalue weighted by atomic mass is 32.1. The van der Waals surface area contributed by atoms with Crippen LogP contribution in [-0.4, -0.2) is 16.3 Å². The van der Waals surface area contributed by atoms with Crippen molar-refractivity contribution in [3.05, 3.63) is 81.7 Å². The molecule has 2 aromatic carbocycles. The van der Waals surface area contributed by atoms with Crippen molar-refractivity contribution in [2.45, 2.75) is 38.7 Å². The van der Waals surface area contributed by atoms with Crippen LogP contribution in [0.4, 0.5) is 0 Å². The fourth-order valence-electron chi connectivity index (χ4n) is 4.63. The molecule has 0 amide bonds. The lowest BCUT2D eigenvalue weighted by Gasteiger charge is -2.42. The molecule has 148 valence electrons. The Hall–Kier alpha value is -2.56. The number of aryl methyl sites for hydroxylation is 1. The van der Waals surface area contributed by atoms with Crippen LogP contribution in [0.25, 0.3) is 16.6 Å². The fourth-order valence-corrected chi connectivity index (χ4v) is 5.48. The molecule has 1 N–H and O–H groups in total. The molecule has 1 atom stereocenters. The molecular formula is C25H25NO2S. The number of aromatic hydroxyl groups is 1. The van der Waals surface area contributed by atoms with Crippen molar-refractivity contribution >= 4 is 22.2 Å². The number of benzene rings is 2. The summed E-state index contributed by atoms with van der Waals surface area (Å²) in [5, 5.41) is 14.2. The zero-order valence-electron chi connectivity index (χ0n) is 17.2. The molecule has 3 heterocycles. The molecule has 0 saturated carbocycles. The summed E-state index contributed by atoms with van der Waals surface area (Å²) in [5.74, 6) is 0.345. The van der Waals surface area contributed by atoms with Crippen LogP contribution >= 0.6 is 11.3 Å². The number of rotatable bonds is 2. The SMILES string of the molecule is Cc1ccc2c(c1O)c1c(n2-c2ccccc2)C(C)(C)COC1(C)c1cccs1. The molecule has 0 saturated heterocycles. The highest BCUT2D eigenvalue weighted by Gasteiger charge is 2.47. The molecule has 0 fully saturated rings. The summed E-state index contributed by atoms with van der Waals surface area (Å²) in [7, 11) is 0. The van der Waals surface area contributed by atoms with E-state index >= 15 is 0 Å².